The van der Waals surface area contributed by atoms with Crippen molar-refractivity contribution in [3.05, 3.63) is 41.3 Å². The molecule has 2 heterocycles. The Morgan fingerprint density at radius 2 is 2.12 bits per heavy atom. The Labute approximate surface area is 95.1 Å². The van der Waals surface area contributed by atoms with Gasteiger partial charge in [-0.15, -0.1) is 0 Å². The molecule has 0 saturated carbocycles. The van der Waals surface area contributed by atoms with E-state index in [1.54, 1.807) is 6.20 Å². The average Bonchev–Trinajstić information content (AvgIpc) is 2.57. The van der Waals surface area contributed by atoms with Gasteiger partial charge in [0.2, 0.25) is 0 Å². The molecule has 0 aromatic carbocycles. The molecule has 4 heteroatoms. The van der Waals surface area contributed by atoms with Gasteiger partial charge in [0.15, 0.2) is 5.82 Å². The van der Waals surface area contributed by atoms with E-state index in [4.69, 9.17) is 5.73 Å². The molecule has 4 nitrogen and oxygen atoms in total. The van der Waals surface area contributed by atoms with Crippen molar-refractivity contribution in [1.29, 1.82) is 0 Å². The monoisotopic (exact) mass is 216 g/mol. The van der Waals surface area contributed by atoms with Crippen LogP contribution < -0.4 is 5.73 Å². The van der Waals surface area contributed by atoms with E-state index in [-0.39, 0.29) is 6.04 Å². The Morgan fingerprint density at radius 3 is 2.69 bits per heavy atom. The summed E-state index contributed by atoms with van der Waals surface area (Å²) in [5.74, 6) is 0.822. The quantitative estimate of drug-likeness (QED) is 0.834. The van der Waals surface area contributed by atoms with Crippen LogP contribution in [-0.4, -0.2) is 14.8 Å². The van der Waals surface area contributed by atoms with E-state index in [0.717, 1.165) is 22.8 Å². The van der Waals surface area contributed by atoms with Crippen LogP contribution in [0.25, 0.3) is 5.82 Å². The highest BCUT2D eigenvalue weighted by atomic mass is 15.3. The van der Waals surface area contributed by atoms with Gasteiger partial charge in [-0.25, -0.2) is 9.67 Å². The predicted octanol–water partition coefficient (Wildman–Crippen LogP) is 1.90. The molecule has 0 radical (unpaired) electrons. The highest BCUT2D eigenvalue weighted by Crippen LogP contribution is 2.18. The molecule has 2 N–H and O–H groups in total. The summed E-state index contributed by atoms with van der Waals surface area (Å²) in [6, 6.07) is 5.87. The van der Waals surface area contributed by atoms with Crippen LogP contribution >= 0.6 is 0 Å². The first-order valence-corrected chi connectivity index (χ1v) is 5.33. The second-order valence-electron chi connectivity index (χ2n) is 4.04. The lowest BCUT2D eigenvalue weighted by atomic mass is 10.1. The number of rotatable bonds is 2. The van der Waals surface area contributed by atoms with Gasteiger partial charge in [-0.3, -0.25) is 0 Å². The Morgan fingerprint density at radius 1 is 1.38 bits per heavy atom. The molecule has 0 amide bonds. The molecule has 0 fully saturated rings. The summed E-state index contributed by atoms with van der Waals surface area (Å²) in [6.07, 6.45) is 1.76. The maximum Gasteiger partial charge on any atom is 0.158 e. The SMILES string of the molecule is Cc1cc(C)n(-c2ncccc2[C@H](C)N)n1. The number of nitrogens with zero attached hydrogens (tertiary/aromatic N) is 3. The molecule has 0 unspecified atom stereocenters. The summed E-state index contributed by atoms with van der Waals surface area (Å²) in [7, 11) is 0. The second kappa shape index (κ2) is 4.06. The molecule has 2 aromatic rings. The van der Waals surface area contributed by atoms with Crippen LogP contribution in [0.15, 0.2) is 24.4 Å². The molecular formula is C12H16N4. The zero-order valence-corrected chi connectivity index (χ0v) is 9.81. The van der Waals surface area contributed by atoms with Gasteiger partial charge >= 0.3 is 0 Å². The van der Waals surface area contributed by atoms with Crippen LogP contribution in [0, 0.1) is 13.8 Å². The van der Waals surface area contributed by atoms with Gasteiger partial charge in [-0.1, -0.05) is 6.07 Å². The van der Waals surface area contributed by atoms with Crippen molar-refractivity contribution < 1.29 is 0 Å². The summed E-state index contributed by atoms with van der Waals surface area (Å²) in [5.41, 5.74) is 8.99. The Balaban J connectivity index is 2.59. The molecule has 0 saturated heterocycles. The van der Waals surface area contributed by atoms with Crippen LogP contribution in [0.2, 0.25) is 0 Å². The summed E-state index contributed by atoms with van der Waals surface area (Å²) < 4.78 is 1.84. The largest absolute Gasteiger partial charge is 0.324 e. The van der Waals surface area contributed by atoms with Gasteiger partial charge < -0.3 is 5.73 Å². The Hall–Kier alpha value is -1.68. The number of aryl methyl sites for hydroxylation is 2. The zero-order chi connectivity index (χ0) is 11.7. The Kier molecular flexibility index (Phi) is 2.75. The minimum absolute atomic E-state index is 0.0485. The molecule has 2 aromatic heterocycles. The molecule has 1 atom stereocenters. The van der Waals surface area contributed by atoms with Gasteiger partial charge in [0.05, 0.1) is 5.69 Å². The first kappa shape index (κ1) is 10.8. The standard InChI is InChI=1S/C12H16N4/c1-8-7-9(2)16(15-8)12-11(10(3)13)5-4-6-14-12/h4-7,10H,13H2,1-3H3/t10-/m0/s1. The fourth-order valence-corrected chi connectivity index (χ4v) is 1.79. The molecule has 0 aliphatic carbocycles. The summed E-state index contributed by atoms with van der Waals surface area (Å²) in [4.78, 5) is 4.36. The van der Waals surface area contributed by atoms with E-state index >= 15 is 0 Å². The van der Waals surface area contributed by atoms with Crippen LogP contribution in [0.1, 0.15) is 29.9 Å². The molecule has 0 aliphatic rings. The van der Waals surface area contributed by atoms with Crippen molar-refractivity contribution in [2.24, 2.45) is 5.73 Å². The Bertz CT molecular complexity index is 499. The molecule has 16 heavy (non-hydrogen) atoms. The van der Waals surface area contributed by atoms with Crippen LogP contribution in [0.4, 0.5) is 0 Å². The summed E-state index contributed by atoms with van der Waals surface area (Å²) in [5, 5.41) is 4.42. The second-order valence-corrected chi connectivity index (χ2v) is 4.04. The molecule has 2 rings (SSSR count). The molecule has 0 aliphatic heterocycles. The van der Waals surface area contributed by atoms with Crippen molar-refractivity contribution in [2.45, 2.75) is 26.8 Å². The third-order valence-corrected chi connectivity index (χ3v) is 2.52. The van der Waals surface area contributed by atoms with Crippen LogP contribution in [-0.2, 0) is 0 Å². The highest BCUT2D eigenvalue weighted by Gasteiger charge is 2.12. The maximum atomic E-state index is 5.93. The molecule has 0 bridgehead atoms. The fourth-order valence-electron chi connectivity index (χ4n) is 1.79. The zero-order valence-electron chi connectivity index (χ0n) is 9.81. The number of hydrogen-bond acceptors (Lipinski definition) is 3. The summed E-state index contributed by atoms with van der Waals surface area (Å²) in [6.45, 7) is 5.93. The number of aromatic nitrogens is 3. The van der Waals surface area contributed by atoms with Crippen molar-refractivity contribution in [3.63, 3.8) is 0 Å². The molecule has 84 valence electrons. The van der Waals surface area contributed by atoms with Gasteiger partial charge in [0.25, 0.3) is 0 Å². The topological polar surface area (TPSA) is 56.7 Å². The van der Waals surface area contributed by atoms with Crippen LogP contribution in [0.3, 0.4) is 0 Å². The van der Waals surface area contributed by atoms with Gasteiger partial charge in [-0.2, -0.15) is 5.10 Å². The smallest absolute Gasteiger partial charge is 0.158 e. The third-order valence-electron chi connectivity index (χ3n) is 2.52. The molecule has 0 spiro atoms. The van der Waals surface area contributed by atoms with Crippen LogP contribution in [0.5, 0.6) is 0 Å². The number of pyridine rings is 1. The van der Waals surface area contributed by atoms with E-state index in [9.17, 15) is 0 Å². The van der Waals surface area contributed by atoms with Gasteiger partial charge in [0, 0.05) is 23.5 Å². The lowest BCUT2D eigenvalue weighted by Crippen LogP contribution is -2.12. The maximum absolute atomic E-state index is 5.93. The summed E-state index contributed by atoms with van der Waals surface area (Å²) >= 11 is 0. The minimum atomic E-state index is -0.0485. The predicted molar refractivity (Wildman–Crippen MR) is 63.4 cm³/mol. The first-order chi connectivity index (χ1) is 7.59. The highest BCUT2D eigenvalue weighted by molar-refractivity contribution is 5.36. The van der Waals surface area contributed by atoms with Crippen molar-refractivity contribution in [1.82, 2.24) is 14.8 Å². The lowest BCUT2D eigenvalue weighted by molar-refractivity contribution is 0.745. The van der Waals surface area contributed by atoms with E-state index in [1.165, 1.54) is 0 Å². The van der Waals surface area contributed by atoms with E-state index < -0.39 is 0 Å². The van der Waals surface area contributed by atoms with Gasteiger partial charge in [-0.05, 0) is 32.9 Å². The average molecular weight is 216 g/mol. The van der Waals surface area contributed by atoms with Crippen molar-refractivity contribution in [2.75, 3.05) is 0 Å². The normalized spacial score (nSPS) is 12.8. The number of hydrogen-bond donors (Lipinski definition) is 1. The van der Waals surface area contributed by atoms with Gasteiger partial charge in [0.1, 0.15) is 0 Å². The molecular weight excluding hydrogens is 200 g/mol. The number of nitrogens with two attached hydrogens (primary N) is 1. The third kappa shape index (κ3) is 1.84. The van der Waals surface area contributed by atoms with E-state index in [1.807, 2.05) is 43.7 Å². The van der Waals surface area contributed by atoms with Crippen molar-refractivity contribution >= 4 is 0 Å². The lowest BCUT2D eigenvalue weighted by Gasteiger charge is -2.12. The van der Waals surface area contributed by atoms with Crippen molar-refractivity contribution in [3.8, 4) is 5.82 Å². The fraction of sp³-hybridized carbons (Fsp3) is 0.333. The minimum Gasteiger partial charge on any atom is -0.324 e. The van der Waals surface area contributed by atoms with E-state index in [2.05, 4.69) is 10.1 Å². The van der Waals surface area contributed by atoms with E-state index in [0.29, 0.717) is 0 Å². The first-order valence-electron chi connectivity index (χ1n) is 5.33.